The maximum atomic E-state index is 12.1. The molecule has 2 aromatic rings. The summed E-state index contributed by atoms with van der Waals surface area (Å²) in [6.45, 7) is 2.25. The van der Waals surface area contributed by atoms with Gasteiger partial charge in [0.15, 0.2) is 5.78 Å². The number of aryl methyl sites for hydroxylation is 1. The molecule has 1 aromatic heterocycles. The first-order chi connectivity index (χ1) is 8.19. The van der Waals surface area contributed by atoms with Crippen LogP contribution in [0.3, 0.4) is 0 Å². The van der Waals surface area contributed by atoms with Crippen LogP contribution in [0.25, 0.3) is 10.9 Å². The number of rotatable bonds is 4. The predicted octanol–water partition coefficient (Wildman–Crippen LogP) is 2.02. The van der Waals surface area contributed by atoms with Crippen molar-refractivity contribution in [2.45, 2.75) is 13.3 Å². The summed E-state index contributed by atoms with van der Waals surface area (Å²) >= 11 is 0. The average molecular weight is 232 g/mol. The zero-order valence-corrected chi connectivity index (χ0v) is 10.0. The number of fused-ring (bicyclic) bond motifs is 1. The van der Waals surface area contributed by atoms with Crippen molar-refractivity contribution < 1.29 is 9.53 Å². The standard InChI is InChI=1S/C13H16N2O2/c1-8-12(10(16)6-7-14)13-9(15-8)4-3-5-11(13)17-2/h3-5,15H,6-7,14H2,1-2H3. The Bertz CT molecular complexity index is 558. The molecule has 0 saturated carbocycles. The molecule has 90 valence electrons. The van der Waals surface area contributed by atoms with E-state index < -0.39 is 0 Å². The zero-order valence-electron chi connectivity index (χ0n) is 10.0. The van der Waals surface area contributed by atoms with Gasteiger partial charge in [-0.25, -0.2) is 0 Å². The Balaban J connectivity index is 2.68. The van der Waals surface area contributed by atoms with Gasteiger partial charge in [-0.1, -0.05) is 6.07 Å². The molecule has 17 heavy (non-hydrogen) atoms. The number of ether oxygens (including phenoxy) is 1. The lowest BCUT2D eigenvalue weighted by Gasteiger charge is -2.04. The number of hydrogen-bond donors (Lipinski definition) is 2. The number of nitrogens with two attached hydrogens (primary N) is 1. The van der Waals surface area contributed by atoms with Crippen molar-refractivity contribution in [3.05, 3.63) is 29.5 Å². The number of ketones is 1. The number of H-pyrrole nitrogens is 1. The first-order valence-corrected chi connectivity index (χ1v) is 5.57. The number of benzene rings is 1. The predicted molar refractivity (Wildman–Crippen MR) is 67.6 cm³/mol. The minimum Gasteiger partial charge on any atom is -0.496 e. The lowest BCUT2D eigenvalue weighted by molar-refractivity contribution is 0.0986. The van der Waals surface area contributed by atoms with Crippen molar-refractivity contribution in [1.82, 2.24) is 4.98 Å². The first kappa shape index (κ1) is 11.7. The molecule has 2 rings (SSSR count). The number of hydrogen-bond acceptors (Lipinski definition) is 3. The fourth-order valence-corrected chi connectivity index (χ4v) is 2.12. The molecule has 0 radical (unpaired) electrons. The van der Waals surface area contributed by atoms with Crippen LogP contribution >= 0.6 is 0 Å². The Morgan fingerprint density at radius 1 is 1.47 bits per heavy atom. The van der Waals surface area contributed by atoms with Crippen molar-refractivity contribution in [3.63, 3.8) is 0 Å². The molecule has 0 bridgehead atoms. The molecule has 0 fully saturated rings. The van der Waals surface area contributed by atoms with E-state index in [-0.39, 0.29) is 5.78 Å². The monoisotopic (exact) mass is 232 g/mol. The summed E-state index contributed by atoms with van der Waals surface area (Å²) < 4.78 is 5.31. The summed E-state index contributed by atoms with van der Waals surface area (Å²) in [6, 6.07) is 5.69. The zero-order chi connectivity index (χ0) is 12.4. The SMILES string of the molecule is COc1cccc2[nH]c(C)c(C(=O)CCN)c12. The van der Waals surface area contributed by atoms with E-state index in [1.54, 1.807) is 7.11 Å². The summed E-state index contributed by atoms with van der Waals surface area (Å²) in [5, 5.41) is 0.853. The summed E-state index contributed by atoms with van der Waals surface area (Å²) in [6.07, 6.45) is 0.353. The van der Waals surface area contributed by atoms with Crippen LogP contribution < -0.4 is 10.5 Å². The molecular weight excluding hydrogens is 216 g/mol. The topological polar surface area (TPSA) is 68.1 Å². The van der Waals surface area contributed by atoms with Crippen LogP contribution in [0.1, 0.15) is 22.5 Å². The molecule has 4 nitrogen and oxygen atoms in total. The number of carbonyl (C=O) groups excluding carboxylic acids is 1. The van der Waals surface area contributed by atoms with Crippen molar-refractivity contribution in [2.75, 3.05) is 13.7 Å². The highest BCUT2D eigenvalue weighted by atomic mass is 16.5. The fraction of sp³-hybridized carbons (Fsp3) is 0.308. The van der Waals surface area contributed by atoms with Crippen molar-refractivity contribution in [1.29, 1.82) is 0 Å². The van der Waals surface area contributed by atoms with Crippen LogP contribution in [0.5, 0.6) is 5.75 Å². The number of aromatic amines is 1. The maximum absolute atomic E-state index is 12.1. The van der Waals surface area contributed by atoms with Gasteiger partial charge in [0.05, 0.1) is 18.0 Å². The van der Waals surface area contributed by atoms with Gasteiger partial charge < -0.3 is 15.5 Å². The maximum Gasteiger partial charge on any atom is 0.166 e. The minimum absolute atomic E-state index is 0.0563. The molecular formula is C13H16N2O2. The van der Waals surface area contributed by atoms with Crippen LogP contribution in [-0.4, -0.2) is 24.4 Å². The van der Waals surface area contributed by atoms with Gasteiger partial charge in [-0.15, -0.1) is 0 Å². The highest BCUT2D eigenvalue weighted by Gasteiger charge is 2.18. The van der Waals surface area contributed by atoms with Crippen LogP contribution in [0.4, 0.5) is 0 Å². The normalized spacial score (nSPS) is 10.8. The van der Waals surface area contributed by atoms with E-state index in [1.807, 2.05) is 25.1 Å². The van der Waals surface area contributed by atoms with Crippen LogP contribution in [-0.2, 0) is 0 Å². The minimum atomic E-state index is 0.0563. The lowest BCUT2D eigenvalue weighted by Crippen LogP contribution is -2.09. The lowest BCUT2D eigenvalue weighted by atomic mass is 10.0. The number of carbonyl (C=O) groups is 1. The molecule has 0 unspecified atom stereocenters. The van der Waals surface area contributed by atoms with Gasteiger partial charge in [-0.3, -0.25) is 4.79 Å². The van der Waals surface area contributed by atoms with Crippen LogP contribution in [0, 0.1) is 6.92 Å². The van der Waals surface area contributed by atoms with Gasteiger partial charge in [0, 0.05) is 17.7 Å². The molecule has 3 N–H and O–H groups in total. The smallest absolute Gasteiger partial charge is 0.166 e. The van der Waals surface area contributed by atoms with E-state index in [1.165, 1.54) is 0 Å². The average Bonchev–Trinajstić information content (AvgIpc) is 2.65. The summed E-state index contributed by atoms with van der Waals surface area (Å²) in [5.74, 6) is 0.771. The molecule has 0 aliphatic rings. The van der Waals surface area contributed by atoms with Gasteiger partial charge in [0.2, 0.25) is 0 Å². The molecule has 1 aromatic carbocycles. The fourth-order valence-electron chi connectivity index (χ4n) is 2.12. The second-order valence-corrected chi connectivity index (χ2v) is 3.97. The quantitative estimate of drug-likeness (QED) is 0.792. The van der Waals surface area contributed by atoms with Gasteiger partial charge in [0.1, 0.15) is 5.75 Å². The van der Waals surface area contributed by atoms with E-state index >= 15 is 0 Å². The van der Waals surface area contributed by atoms with Crippen molar-refractivity contribution in [3.8, 4) is 5.75 Å². The number of Topliss-reactive ketones (excluding diaryl/α,β-unsaturated/α-hetero) is 1. The van der Waals surface area contributed by atoms with E-state index in [2.05, 4.69) is 4.98 Å². The largest absolute Gasteiger partial charge is 0.496 e. The third-order valence-corrected chi connectivity index (χ3v) is 2.84. The Hall–Kier alpha value is -1.81. The Kier molecular flexibility index (Phi) is 3.15. The van der Waals surface area contributed by atoms with E-state index in [0.717, 1.165) is 16.6 Å². The summed E-state index contributed by atoms with van der Waals surface area (Å²) in [5.41, 5.74) is 7.92. The molecule has 0 spiro atoms. The van der Waals surface area contributed by atoms with Gasteiger partial charge in [0.25, 0.3) is 0 Å². The Labute approximate surface area is 99.8 Å². The highest BCUT2D eigenvalue weighted by molar-refractivity contribution is 6.11. The van der Waals surface area contributed by atoms with Crippen LogP contribution in [0.2, 0.25) is 0 Å². The summed E-state index contributed by atoms with van der Waals surface area (Å²) in [4.78, 5) is 15.3. The van der Waals surface area contributed by atoms with E-state index in [9.17, 15) is 4.79 Å². The Morgan fingerprint density at radius 3 is 2.88 bits per heavy atom. The van der Waals surface area contributed by atoms with Crippen molar-refractivity contribution in [2.24, 2.45) is 5.73 Å². The second-order valence-electron chi connectivity index (χ2n) is 3.97. The molecule has 0 aliphatic heterocycles. The highest BCUT2D eigenvalue weighted by Crippen LogP contribution is 2.31. The molecule has 0 atom stereocenters. The molecule has 0 saturated heterocycles. The van der Waals surface area contributed by atoms with Crippen molar-refractivity contribution >= 4 is 16.7 Å². The van der Waals surface area contributed by atoms with Gasteiger partial charge in [-0.2, -0.15) is 0 Å². The Morgan fingerprint density at radius 2 is 2.24 bits per heavy atom. The number of methoxy groups -OCH3 is 1. The van der Waals surface area contributed by atoms with E-state index in [4.69, 9.17) is 10.5 Å². The number of aromatic nitrogens is 1. The van der Waals surface area contributed by atoms with Gasteiger partial charge >= 0.3 is 0 Å². The van der Waals surface area contributed by atoms with Crippen LogP contribution in [0.15, 0.2) is 18.2 Å². The second kappa shape index (κ2) is 4.59. The molecule has 1 heterocycles. The third-order valence-electron chi connectivity index (χ3n) is 2.84. The molecule has 0 aliphatic carbocycles. The molecule has 4 heteroatoms. The number of nitrogens with one attached hydrogen (secondary N) is 1. The van der Waals surface area contributed by atoms with E-state index in [0.29, 0.717) is 24.3 Å². The molecule has 0 amide bonds. The summed E-state index contributed by atoms with van der Waals surface area (Å²) in [7, 11) is 1.61. The third kappa shape index (κ3) is 1.91. The van der Waals surface area contributed by atoms with Gasteiger partial charge in [-0.05, 0) is 25.6 Å². The first-order valence-electron chi connectivity index (χ1n) is 5.57.